The minimum absolute atomic E-state index is 0.146. The maximum atomic E-state index is 13.0. The summed E-state index contributed by atoms with van der Waals surface area (Å²) in [4.78, 5) is 13.0. The number of amides is 1. The summed E-state index contributed by atoms with van der Waals surface area (Å²) in [7, 11) is 0. The highest BCUT2D eigenvalue weighted by atomic mass is 16.3. The van der Waals surface area contributed by atoms with E-state index in [0.29, 0.717) is 22.6 Å². The number of nitrogens with one attached hydrogen (secondary N) is 1. The van der Waals surface area contributed by atoms with Crippen molar-refractivity contribution in [2.24, 2.45) is 0 Å². The van der Waals surface area contributed by atoms with E-state index >= 15 is 0 Å². The van der Waals surface area contributed by atoms with Gasteiger partial charge in [-0.05, 0) is 42.3 Å². The fraction of sp³-hybridized carbons (Fsp3) is 0.125. The Kier molecular flexibility index (Phi) is 4.62. The zero-order chi connectivity index (χ0) is 19.7. The molecule has 1 amide bonds. The highest BCUT2D eigenvalue weighted by molar-refractivity contribution is 5.97. The summed E-state index contributed by atoms with van der Waals surface area (Å²) in [5.74, 6) is 1.17. The Balaban J connectivity index is 1.85. The van der Waals surface area contributed by atoms with E-state index in [1.54, 1.807) is 19.1 Å². The van der Waals surface area contributed by atoms with E-state index < -0.39 is 6.04 Å². The topological polar surface area (TPSA) is 62.5 Å². The summed E-state index contributed by atoms with van der Waals surface area (Å²) in [5, 5.41) is 15.7. The number of fused-ring (bicyclic) bond motifs is 1. The van der Waals surface area contributed by atoms with E-state index in [2.05, 4.69) is 5.32 Å². The van der Waals surface area contributed by atoms with Crippen molar-refractivity contribution >= 4 is 16.7 Å². The number of hydrogen-bond donors (Lipinski definition) is 2. The zero-order valence-corrected chi connectivity index (χ0v) is 15.8. The molecule has 0 fully saturated rings. The molecule has 0 aliphatic rings. The highest BCUT2D eigenvalue weighted by Crippen LogP contribution is 2.36. The lowest BCUT2D eigenvalue weighted by Gasteiger charge is -2.22. The third kappa shape index (κ3) is 3.25. The molecule has 3 aromatic carbocycles. The normalized spacial score (nSPS) is 12.1. The molecule has 1 heterocycles. The maximum Gasteiger partial charge on any atom is 0.255 e. The average molecular weight is 371 g/mol. The minimum atomic E-state index is -0.505. The number of carbonyl (C=O) groups excluding carboxylic acids is 1. The monoisotopic (exact) mass is 371 g/mol. The van der Waals surface area contributed by atoms with Gasteiger partial charge in [0.15, 0.2) is 0 Å². The molecule has 1 unspecified atom stereocenters. The summed E-state index contributed by atoms with van der Waals surface area (Å²) in [5.41, 5.74) is 2.06. The summed E-state index contributed by atoms with van der Waals surface area (Å²) in [6.45, 7) is 3.59. The molecule has 4 nitrogen and oxygen atoms in total. The standard InChI is InChI=1S/C24H21NO3/c1-15-14-20(16(2)28-15)24(27)25-23(18-9-4-3-5-10-18)22-19-11-7-6-8-17(19)12-13-21(22)26/h3-14,23,26H,1-2H3,(H,25,27). The van der Waals surface area contributed by atoms with Crippen LogP contribution in [0.5, 0.6) is 5.75 Å². The fourth-order valence-electron chi connectivity index (χ4n) is 3.62. The largest absolute Gasteiger partial charge is 0.508 e. The van der Waals surface area contributed by atoms with Gasteiger partial charge in [0.1, 0.15) is 17.3 Å². The Labute approximate surface area is 163 Å². The number of hydrogen-bond acceptors (Lipinski definition) is 3. The molecule has 0 bridgehead atoms. The van der Waals surface area contributed by atoms with Crippen LogP contribution in [0.3, 0.4) is 0 Å². The molecule has 4 heteroatoms. The summed E-state index contributed by atoms with van der Waals surface area (Å²) in [6, 6.07) is 22.3. The molecule has 0 saturated heterocycles. The second-order valence-electron chi connectivity index (χ2n) is 6.86. The molecule has 0 spiro atoms. The van der Waals surface area contributed by atoms with Crippen LogP contribution in [-0.4, -0.2) is 11.0 Å². The summed E-state index contributed by atoms with van der Waals surface area (Å²) < 4.78 is 5.51. The second-order valence-corrected chi connectivity index (χ2v) is 6.86. The summed E-state index contributed by atoms with van der Waals surface area (Å²) in [6.07, 6.45) is 0. The van der Waals surface area contributed by atoms with Crippen LogP contribution in [0.4, 0.5) is 0 Å². The van der Waals surface area contributed by atoms with Gasteiger partial charge in [-0.1, -0.05) is 60.7 Å². The molecule has 4 rings (SSSR count). The number of aromatic hydroxyl groups is 1. The molecule has 140 valence electrons. The molecular weight excluding hydrogens is 350 g/mol. The van der Waals surface area contributed by atoms with Crippen molar-refractivity contribution in [3.05, 3.63) is 101 Å². The molecule has 0 aliphatic heterocycles. The predicted octanol–water partition coefficient (Wildman–Crippen LogP) is 5.27. The van der Waals surface area contributed by atoms with E-state index in [0.717, 1.165) is 16.3 Å². The third-order valence-electron chi connectivity index (χ3n) is 4.93. The van der Waals surface area contributed by atoms with Crippen molar-refractivity contribution in [3.8, 4) is 5.75 Å². The van der Waals surface area contributed by atoms with E-state index in [1.165, 1.54) is 0 Å². The van der Waals surface area contributed by atoms with Crippen LogP contribution in [0.15, 0.2) is 77.2 Å². The average Bonchev–Trinajstić information content (AvgIpc) is 3.05. The molecule has 28 heavy (non-hydrogen) atoms. The van der Waals surface area contributed by atoms with Gasteiger partial charge < -0.3 is 14.8 Å². The molecule has 0 aliphatic carbocycles. The number of furan rings is 1. The van der Waals surface area contributed by atoms with E-state index in [9.17, 15) is 9.90 Å². The first-order valence-corrected chi connectivity index (χ1v) is 9.18. The number of rotatable bonds is 4. The third-order valence-corrected chi connectivity index (χ3v) is 4.93. The summed E-state index contributed by atoms with van der Waals surface area (Å²) >= 11 is 0. The van der Waals surface area contributed by atoms with Crippen LogP contribution in [0.1, 0.15) is 39.0 Å². The lowest BCUT2D eigenvalue weighted by molar-refractivity contribution is 0.0941. The van der Waals surface area contributed by atoms with Crippen LogP contribution < -0.4 is 5.32 Å². The molecule has 4 aromatic rings. The van der Waals surface area contributed by atoms with Gasteiger partial charge in [-0.15, -0.1) is 0 Å². The van der Waals surface area contributed by atoms with E-state index in [4.69, 9.17) is 4.42 Å². The van der Waals surface area contributed by atoms with Crippen molar-refractivity contribution in [2.45, 2.75) is 19.9 Å². The van der Waals surface area contributed by atoms with Crippen LogP contribution >= 0.6 is 0 Å². The van der Waals surface area contributed by atoms with Crippen LogP contribution in [0.2, 0.25) is 0 Å². The quantitative estimate of drug-likeness (QED) is 0.513. The van der Waals surface area contributed by atoms with Gasteiger partial charge >= 0.3 is 0 Å². The Hall–Kier alpha value is -3.53. The predicted molar refractivity (Wildman–Crippen MR) is 110 cm³/mol. The maximum absolute atomic E-state index is 13.0. The number of carbonyl (C=O) groups is 1. The molecular formula is C24H21NO3. The van der Waals surface area contributed by atoms with Gasteiger partial charge in [-0.3, -0.25) is 4.79 Å². The number of phenolic OH excluding ortho intramolecular Hbond substituents is 1. The smallest absolute Gasteiger partial charge is 0.255 e. The van der Waals surface area contributed by atoms with Gasteiger partial charge in [0.25, 0.3) is 5.91 Å². The van der Waals surface area contributed by atoms with Crippen LogP contribution in [0, 0.1) is 13.8 Å². The van der Waals surface area contributed by atoms with Crippen molar-refractivity contribution in [1.82, 2.24) is 5.32 Å². The first-order valence-electron chi connectivity index (χ1n) is 9.18. The second kappa shape index (κ2) is 7.24. The molecule has 2 N–H and O–H groups in total. The number of aryl methyl sites for hydroxylation is 2. The Morgan fingerprint density at radius 1 is 0.964 bits per heavy atom. The lowest BCUT2D eigenvalue weighted by atomic mass is 9.92. The van der Waals surface area contributed by atoms with E-state index in [-0.39, 0.29) is 11.7 Å². The SMILES string of the molecule is Cc1cc(C(=O)NC(c2ccccc2)c2c(O)ccc3ccccc23)c(C)o1. The van der Waals surface area contributed by atoms with Crippen molar-refractivity contribution in [1.29, 1.82) is 0 Å². The van der Waals surface area contributed by atoms with Crippen molar-refractivity contribution in [2.75, 3.05) is 0 Å². The van der Waals surface area contributed by atoms with E-state index in [1.807, 2.05) is 67.6 Å². The first kappa shape index (κ1) is 17.9. The lowest BCUT2D eigenvalue weighted by Crippen LogP contribution is -2.29. The highest BCUT2D eigenvalue weighted by Gasteiger charge is 2.24. The van der Waals surface area contributed by atoms with Crippen LogP contribution in [0.25, 0.3) is 10.8 Å². The zero-order valence-electron chi connectivity index (χ0n) is 15.8. The van der Waals surface area contributed by atoms with Crippen molar-refractivity contribution < 1.29 is 14.3 Å². The fourth-order valence-corrected chi connectivity index (χ4v) is 3.62. The Morgan fingerprint density at radius 3 is 2.39 bits per heavy atom. The minimum Gasteiger partial charge on any atom is -0.508 e. The van der Waals surface area contributed by atoms with Crippen molar-refractivity contribution in [3.63, 3.8) is 0 Å². The van der Waals surface area contributed by atoms with Gasteiger partial charge in [0.2, 0.25) is 0 Å². The first-order chi connectivity index (χ1) is 13.5. The van der Waals surface area contributed by atoms with Gasteiger partial charge in [-0.2, -0.15) is 0 Å². The van der Waals surface area contributed by atoms with Gasteiger partial charge in [0, 0.05) is 5.56 Å². The van der Waals surface area contributed by atoms with Gasteiger partial charge in [-0.25, -0.2) is 0 Å². The number of phenols is 1. The Morgan fingerprint density at radius 2 is 1.68 bits per heavy atom. The molecule has 1 atom stereocenters. The number of benzene rings is 3. The Bertz CT molecular complexity index is 1150. The molecule has 0 radical (unpaired) electrons. The molecule has 1 aromatic heterocycles. The van der Waals surface area contributed by atoms with Crippen LogP contribution in [-0.2, 0) is 0 Å². The molecule has 0 saturated carbocycles. The van der Waals surface area contributed by atoms with Gasteiger partial charge in [0.05, 0.1) is 11.6 Å².